The fourth-order valence-corrected chi connectivity index (χ4v) is 5.20. The topological polar surface area (TPSA) is 55.8 Å². The van der Waals surface area contributed by atoms with Crippen molar-refractivity contribution in [2.45, 2.75) is 91.5 Å². The highest BCUT2D eigenvalue weighted by Gasteiger charge is 2.43. The summed E-state index contributed by atoms with van der Waals surface area (Å²) < 4.78 is 12.1. The molecule has 168 valence electrons. The third-order valence-corrected chi connectivity index (χ3v) is 7.44. The second-order valence-corrected chi connectivity index (χ2v) is 10.4. The predicted octanol–water partition coefficient (Wildman–Crippen LogP) is 5.57. The summed E-state index contributed by atoms with van der Waals surface area (Å²) in [6.07, 6.45) is 11.2. The average molecular weight is 417 g/mol. The first kappa shape index (κ1) is 23.1. The molecule has 1 N–H and O–H groups in total. The van der Waals surface area contributed by atoms with Gasteiger partial charge in [-0.1, -0.05) is 45.6 Å². The minimum absolute atomic E-state index is 0.0225. The van der Waals surface area contributed by atoms with E-state index in [1.807, 2.05) is 20.8 Å². The third-order valence-electron chi connectivity index (χ3n) is 7.44. The van der Waals surface area contributed by atoms with Gasteiger partial charge in [0.05, 0.1) is 17.3 Å². The van der Waals surface area contributed by atoms with Crippen LogP contribution in [0.3, 0.4) is 0 Å². The van der Waals surface area contributed by atoms with Gasteiger partial charge in [-0.15, -0.1) is 0 Å². The van der Waals surface area contributed by atoms with E-state index in [0.29, 0.717) is 36.4 Å². The largest absolute Gasteiger partial charge is 0.495 e. The lowest BCUT2D eigenvalue weighted by Crippen LogP contribution is -2.43. The van der Waals surface area contributed by atoms with E-state index in [-0.39, 0.29) is 30.2 Å². The maximum absolute atomic E-state index is 12.9. The zero-order valence-electron chi connectivity index (χ0n) is 19.4. The van der Waals surface area contributed by atoms with Crippen LogP contribution in [0.15, 0.2) is 36.1 Å². The Balaban J connectivity index is 1.76. The van der Waals surface area contributed by atoms with Crippen LogP contribution in [0, 0.1) is 29.1 Å². The summed E-state index contributed by atoms with van der Waals surface area (Å²) in [6, 6.07) is 0. The van der Waals surface area contributed by atoms with Gasteiger partial charge < -0.3 is 14.6 Å². The summed E-state index contributed by atoms with van der Waals surface area (Å²) in [6.45, 7) is 14.4. The molecule has 3 aliphatic rings. The monoisotopic (exact) mass is 416 g/mol. The first-order valence-electron chi connectivity index (χ1n) is 11.7. The van der Waals surface area contributed by atoms with Crippen LogP contribution in [0.4, 0.5) is 0 Å². The summed E-state index contributed by atoms with van der Waals surface area (Å²) in [5.41, 5.74) is 0.862. The molecule has 1 fully saturated rings. The number of aliphatic hydroxyl groups excluding tert-OH is 1. The lowest BCUT2D eigenvalue weighted by molar-refractivity contribution is -0.164. The molecule has 3 rings (SSSR count). The number of allylic oxidation sites excluding steroid dienone is 3. The Bertz CT molecular complexity index is 704. The molecule has 2 unspecified atom stereocenters. The van der Waals surface area contributed by atoms with Crippen molar-refractivity contribution in [3.63, 3.8) is 0 Å². The number of aliphatic hydroxyl groups is 1. The fraction of sp³-hybridized carbons (Fsp3) is 0.731. The van der Waals surface area contributed by atoms with E-state index in [4.69, 9.17) is 9.47 Å². The molecular weight excluding hydrogens is 376 g/mol. The summed E-state index contributed by atoms with van der Waals surface area (Å²) in [5.74, 6) is 2.05. The van der Waals surface area contributed by atoms with Crippen LogP contribution in [0.2, 0.25) is 0 Å². The highest BCUT2D eigenvalue weighted by molar-refractivity contribution is 5.76. The molecule has 0 aromatic carbocycles. The Morgan fingerprint density at radius 3 is 2.70 bits per heavy atom. The van der Waals surface area contributed by atoms with Gasteiger partial charge >= 0.3 is 5.97 Å². The van der Waals surface area contributed by atoms with Crippen LogP contribution >= 0.6 is 0 Å². The number of rotatable bonds is 6. The van der Waals surface area contributed by atoms with Crippen LogP contribution in [0.5, 0.6) is 0 Å². The smallest absolute Gasteiger partial charge is 0.311 e. The highest BCUT2D eigenvalue weighted by atomic mass is 16.5. The zero-order chi connectivity index (χ0) is 22.1. The molecule has 0 spiro atoms. The lowest BCUT2D eigenvalue weighted by Gasteiger charge is -2.44. The Morgan fingerprint density at radius 2 is 2.03 bits per heavy atom. The SMILES string of the molecule is C=C1CC(O)CC(CC[C@@H]2[C@@H]3C(=C[C@H](C)C[C@@H]3OC(=O)C(C)(C)CC)C=C[C@@H]2C)O1. The van der Waals surface area contributed by atoms with Crippen molar-refractivity contribution in [2.75, 3.05) is 0 Å². The number of fused-ring (bicyclic) bond motifs is 1. The average Bonchev–Trinajstić information content (AvgIpc) is 2.66. The first-order chi connectivity index (χ1) is 14.1. The molecule has 0 amide bonds. The van der Waals surface area contributed by atoms with E-state index in [2.05, 4.69) is 38.7 Å². The van der Waals surface area contributed by atoms with E-state index < -0.39 is 5.41 Å². The molecule has 1 heterocycles. The van der Waals surface area contributed by atoms with Crippen LogP contribution in [0.25, 0.3) is 0 Å². The molecule has 0 radical (unpaired) electrons. The number of hydrogen-bond acceptors (Lipinski definition) is 4. The minimum atomic E-state index is -0.456. The molecule has 4 heteroatoms. The Kier molecular flexibility index (Phi) is 7.16. The van der Waals surface area contributed by atoms with Gasteiger partial charge in [0.1, 0.15) is 12.2 Å². The summed E-state index contributed by atoms with van der Waals surface area (Å²) in [5, 5.41) is 10.1. The van der Waals surface area contributed by atoms with E-state index >= 15 is 0 Å². The van der Waals surface area contributed by atoms with Gasteiger partial charge in [-0.25, -0.2) is 0 Å². The van der Waals surface area contributed by atoms with E-state index in [1.54, 1.807) is 0 Å². The van der Waals surface area contributed by atoms with Gasteiger partial charge in [0.2, 0.25) is 0 Å². The van der Waals surface area contributed by atoms with Crippen molar-refractivity contribution in [1.82, 2.24) is 0 Å². The molecule has 4 nitrogen and oxygen atoms in total. The quantitative estimate of drug-likeness (QED) is 0.575. The molecule has 1 saturated heterocycles. The van der Waals surface area contributed by atoms with Gasteiger partial charge in [-0.05, 0) is 62.9 Å². The van der Waals surface area contributed by atoms with E-state index in [0.717, 1.165) is 25.7 Å². The Hall–Kier alpha value is -1.55. The van der Waals surface area contributed by atoms with Crippen molar-refractivity contribution in [3.8, 4) is 0 Å². The summed E-state index contributed by atoms with van der Waals surface area (Å²) in [4.78, 5) is 12.9. The van der Waals surface area contributed by atoms with Crippen LogP contribution < -0.4 is 0 Å². The number of carbonyl (C=O) groups is 1. The van der Waals surface area contributed by atoms with Crippen molar-refractivity contribution >= 4 is 5.97 Å². The molecule has 0 saturated carbocycles. The maximum Gasteiger partial charge on any atom is 0.311 e. The van der Waals surface area contributed by atoms with Crippen LogP contribution in [-0.4, -0.2) is 29.4 Å². The Labute approximate surface area is 182 Å². The predicted molar refractivity (Wildman–Crippen MR) is 120 cm³/mol. The molecule has 0 bridgehead atoms. The van der Waals surface area contributed by atoms with Crippen LogP contribution in [-0.2, 0) is 14.3 Å². The Morgan fingerprint density at radius 1 is 1.30 bits per heavy atom. The van der Waals surface area contributed by atoms with Gasteiger partial charge in [-0.2, -0.15) is 0 Å². The summed E-state index contributed by atoms with van der Waals surface area (Å²) in [7, 11) is 0. The van der Waals surface area contributed by atoms with E-state index in [9.17, 15) is 9.90 Å². The molecule has 0 aromatic rings. The molecule has 30 heavy (non-hydrogen) atoms. The molecule has 2 aliphatic carbocycles. The molecule has 0 aromatic heterocycles. The molecular formula is C26H40O4. The third kappa shape index (κ3) is 5.19. The first-order valence-corrected chi connectivity index (χ1v) is 11.7. The van der Waals surface area contributed by atoms with Crippen molar-refractivity contribution in [1.29, 1.82) is 0 Å². The lowest BCUT2D eigenvalue weighted by atomic mass is 9.65. The number of carbonyl (C=O) groups excluding carboxylic acids is 1. The zero-order valence-corrected chi connectivity index (χ0v) is 19.4. The van der Waals surface area contributed by atoms with Gasteiger partial charge in [-0.3, -0.25) is 4.79 Å². The van der Waals surface area contributed by atoms with Gasteiger partial charge in [0.15, 0.2) is 0 Å². The second kappa shape index (κ2) is 9.30. The second-order valence-electron chi connectivity index (χ2n) is 10.4. The molecule has 1 aliphatic heterocycles. The van der Waals surface area contributed by atoms with Crippen molar-refractivity contribution < 1.29 is 19.4 Å². The van der Waals surface area contributed by atoms with Crippen molar-refractivity contribution in [2.24, 2.45) is 29.1 Å². The standard InChI is InChI=1S/C26H40O4/c1-7-26(5,6)25(28)30-23-13-16(2)12-19-9-8-17(3)22(24(19)23)11-10-21-15-20(27)14-18(4)29-21/h8-9,12,16-17,20-24,27H,4,7,10-11,13-15H2,1-3,5-6H3/t16-,17-,20?,21?,22-,23-,24-/m0/s1. The maximum atomic E-state index is 12.9. The minimum Gasteiger partial charge on any atom is -0.495 e. The summed E-state index contributed by atoms with van der Waals surface area (Å²) >= 11 is 0. The van der Waals surface area contributed by atoms with Gasteiger partial charge in [0, 0.05) is 18.8 Å². The normalized spacial score (nSPS) is 36.5. The van der Waals surface area contributed by atoms with E-state index in [1.165, 1.54) is 5.57 Å². The van der Waals surface area contributed by atoms with Crippen molar-refractivity contribution in [3.05, 3.63) is 36.1 Å². The van der Waals surface area contributed by atoms with Crippen LogP contribution in [0.1, 0.15) is 73.1 Å². The fourth-order valence-electron chi connectivity index (χ4n) is 5.20. The number of esters is 1. The van der Waals surface area contributed by atoms with Gasteiger partial charge in [0.25, 0.3) is 0 Å². The molecule has 7 atom stereocenters. The number of ether oxygens (including phenoxy) is 2. The highest BCUT2D eigenvalue weighted by Crippen LogP contribution is 2.45. The number of hydrogen-bond donors (Lipinski definition) is 1.